The molecule has 3 aromatic rings. The van der Waals surface area contributed by atoms with Crippen molar-refractivity contribution in [2.75, 3.05) is 5.73 Å². The van der Waals surface area contributed by atoms with Gasteiger partial charge in [-0.25, -0.2) is 4.98 Å². The number of nitriles is 1. The number of anilines is 1. The van der Waals surface area contributed by atoms with E-state index in [1.54, 1.807) is 0 Å². The van der Waals surface area contributed by atoms with E-state index < -0.39 is 0 Å². The third-order valence-electron chi connectivity index (χ3n) is 3.11. The van der Waals surface area contributed by atoms with Gasteiger partial charge in [-0.1, -0.05) is 12.1 Å². The molecule has 0 aliphatic carbocycles. The highest BCUT2D eigenvalue weighted by Gasteiger charge is 2.13. The van der Waals surface area contributed by atoms with E-state index in [4.69, 9.17) is 11.0 Å². The second-order valence-corrected chi connectivity index (χ2v) is 5.36. The average Bonchev–Trinajstić information content (AvgIpc) is 2.79. The molecule has 0 radical (unpaired) electrons. The lowest BCUT2D eigenvalue weighted by molar-refractivity contribution is 1.05. The van der Waals surface area contributed by atoms with Crippen molar-refractivity contribution in [2.24, 2.45) is 0 Å². The Kier molecular flexibility index (Phi) is 3.17. The Morgan fingerprint density at radius 1 is 1.20 bits per heavy atom. The van der Waals surface area contributed by atoms with E-state index in [0.717, 1.165) is 27.1 Å². The number of aromatic nitrogens is 2. The van der Waals surface area contributed by atoms with Crippen LogP contribution in [0.25, 0.3) is 16.9 Å². The first kappa shape index (κ1) is 12.7. The molecule has 0 fully saturated rings. The van der Waals surface area contributed by atoms with E-state index in [1.165, 1.54) is 0 Å². The van der Waals surface area contributed by atoms with E-state index in [9.17, 15) is 0 Å². The van der Waals surface area contributed by atoms with Crippen molar-refractivity contribution in [3.63, 3.8) is 0 Å². The molecule has 3 rings (SSSR count). The highest BCUT2D eigenvalue weighted by Crippen LogP contribution is 2.26. The molecule has 4 nitrogen and oxygen atoms in total. The van der Waals surface area contributed by atoms with E-state index >= 15 is 0 Å². The van der Waals surface area contributed by atoms with Crippen molar-refractivity contribution < 1.29 is 0 Å². The Hall–Kier alpha value is -2.32. The molecule has 0 aliphatic rings. The van der Waals surface area contributed by atoms with Crippen LogP contribution in [0.5, 0.6) is 0 Å². The van der Waals surface area contributed by atoms with Crippen molar-refractivity contribution in [1.29, 1.82) is 5.26 Å². The summed E-state index contributed by atoms with van der Waals surface area (Å²) in [6.07, 6.45) is 2.23. The lowest BCUT2D eigenvalue weighted by Gasteiger charge is -2.02. The number of nitrogens with two attached hydrogens (primary N) is 1. The first-order chi connectivity index (χ1) is 9.69. The molecule has 0 spiro atoms. The predicted octanol–water partition coefficient (Wildman–Crippen LogP) is 3.41. The second-order valence-electron chi connectivity index (χ2n) is 4.44. The number of pyridine rings is 1. The molecule has 1 aromatic carbocycles. The summed E-state index contributed by atoms with van der Waals surface area (Å²) in [5.41, 5.74) is 9.92. The largest absolute Gasteiger partial charge is 0.399 e. The van der Waals surface area contributed by atoms with Gasteiger partial charge in [0.25, 0.3) is 0 Å². The van der Waals surface area contributed by atoms with Crippen LogP contribution in [0.4, 0.5) is 5.69 Å². The van der Waals surface area contributed by atoms with Crippen molar-refractivity contribution in [2.45, 2.75) is 6.42 Å². The summed E-state index contributed by atoms with van der Waals surface area (Å²) in [7, 11) is 0. The Morgan fingerprint density at radius 3 is 2.65 bits per heavy atom. The maximum atomic E-state index is 9.06. The maximum absolute atomic E-state index is 9.06. The van der Waals surface area contributed by atoms with Crippen LogP contribution in [0, 0.1) is 11.3 Å². The third-order valence-corrected chi connectivity index (χ3v) is 3.58. The molecular weight excluding hydrogens is 316 g/mol. The van der Waals surface area contributed by atoms with Crippen molar-refractivity contribution in [3.8, 4) is 17.3 Å². The zero-order valence-electron chi connectivity index (χ0n) is 10.5. The fraction of sp³-hybridized carbons (Fsp3) is 0.0667. The lowest BCUT2D eigenvalue weighted by Crippen LogP contribution is -1.93. The quantitative estimate of drug-likeness (QED) is 0.734. The second kappa shape index (κ2) is 4.99. The Morgan fingerprint density at radius 2 is 1.95 bits per heavy atom. The number of benzene rings is 1. The molecule has 98 valence electrons. The normalized spacial score (nSPS) is 10.6. The fourth-order valence-corrected chi connectivity index (χ4v) is 2.52. The van der Waals surface area contributed by atoms with E-state index in [-0.39, 0.29) is 0 Å². The van der Waals surface area contributed by atoms with Crippen LogP contribution in [-0.2, 0) is 6.42 Å². The van der Waals surface area contributed by atoms with E-state index in [1.807, 2.05) is 47.0 Å². The molecule has 2 heterocycles. The molecule has 0 saturated carbocycles. The number of hydrogen-bond acceptors (Lipinski definition) is 3. The van der Waals surface area contributed by atoms with Gasteiger partial charge in [0, 0.05) is 21.9 Å². The van der Waals surface area contributed by atoms with Gasteiger partial charge in [-0.15, -0.1) is 0 Å². The van der Waals surface area contributed by atoms with Crippen LogP contribution in [0.3, 0.4) is 0 Å². The standard InChI is InChI=1S/C15H11BrN4/c16-11-3-6-14-19-15(10-1-4-12(18)5-2-10)13(7-8-17)20(14)9-11/h1-6,9H,7,18H2. The van der Waals surface area contributed by atoms with Crippen LogP contribution in [0.2, 0.25) is 0 Å². The number of halogens is 1. The number of imidazole rings is 1. The van der Waals surface area contributed by atoms with Gasteiger partial charge in [0.1, 0.15) is 5.65 Å². The van der Waals surface area contributed by atoms with Crippen molar-refractivity contribution in [3.05, 3.63) is 52.8 Å². The molecule has 0 amide bonds. The number of rotatable bonds is 2. The van der Waals surface area contributed by atoms with Crippen LogP contribution in [0.1, 0.15) is 5.69 Å². The summed E-state index contributed by atoms with van der Waals surface area (Å²) in [4.78, 5) is 4.62. The van der Waals surface area contributed by atoms with Crippen molar-refractivity contribution >= 4 is 27.3 Å². The van der Waals surface area contributed by atoms with Crippen molar-refractivity contribution in [1.82, 2.24) is 9.38 Å². The molecular formula is C15H11BrN4. The monoisotopic (exact) mass is 326 g/mol. The molecule has 0 unspecified atom stereocenters. The Balaban J connectivity index is 2.26. The zero-order valence-corrected chi connectivity index (χ0v) is 12.1. The number of nitrogen functional groups attached to an aromatic ring is 1. The molecule has 2 N–H and O–H groups in total. The highest BCUT2D eigenvalue weighted by molar-refractivity contribution is 9.10. The lowest BCUT2D eigenvalue weighted by atomic mass is 10.1. The number of fused-ring (bicyclic) bond motifs is 1. The maximum Gasteiger partial charge on any atom is 0.137 e. The van der Waals surface area contributed by atoms with Gasteiger partial charge >= 0.3 is 0 Å². The zero-order chi connectivity index (χ0) is 14.1. The minimum Gasteiger partial charge on any atom is -0.399 e. The minimum atomic E-state index is 0.303. The Labute approximate surface area is 124 Å². The molecule has 0 saturated heterocycles. The molecule has 2 aromatic heterocycles. The molecule has 0 bridgehead atoms. The van der Waals surface area contributed by atoms with Gasteiger partial charge in [0.2, 0.25) is 0 Å². The summed E-state index contributed by atoms with van der Waals surface area (Å²) < 4.78 is 2.89. The summed E-state index contributed by atoms with van der Waals surface area (Å²) in [5, 5.41) is 9.06. The van der Waals surface area contributed by atoms with E-state index in [2.05, 4.69) is 27.0 Å². The average molecular weight is 327 g/mol. The molecule has 20 heavy (non-hydrogen) atoms. The first-order valence-corrected chi connectivity index (χ1v) is 6.87. The number of nitrogens with zero attached hydrogens (tertiary/aromatic N) is 3. The van der Waals surface area contributed by atoms with Gasteiger partial charge in [0.15, 0.2) is 0 Å². The summed E-state index contributed by atoms with van der Waals surface area (Å²) in [6.45, 7) is 0. The molecule has 0 atom stereocenters. The van der Waals surface area contributed by atoms with Gasteiger partial charge in [-0.2, -0.15) is 5.26 Å². The van der Waals surface area contributed by atoms with Gasteiger partial charge in [-0.3, -0.25) is 0 Å². The predicted molar refractivity (Wildman–Crippen MR) is 82.1 cm³/mol. The minimum absolute atomic E-state index is 0.303. The van der Waals surface area contributed by atoms with Crippen LogP contribution < -0.4 is 5.73 Å². The fourth-order valence-electron chi connectivity index (χ4n) is 2.18. The van der Waals surface area contributed by atoms with Gasteiger partial charge < -0.3 is 10.1 Å². The van der Waals surface area contributed by atoms with Gasteiger partial charge in [0.05, 0.1) is 23.9 Å². The van der Waals surface area contributed by atoms with E-state index in [0.29, 0.717) is 12.1 Å². The summed E-state index contributed by atoms with van der Waals surface area (Å²) in [5.74, 6) is 0. The molecule has 5 heteroatoms. The summed E-state index contributed by atoms with van der Waals surface area (Å²) >= 11 is 3.44. The van der Waals surface area contributed by atoms with Crippen LogP contribution in [-0.4, -0.2) is 9.38 Å². The van der Waals surface area contributed by atoms with Gasteiger partial charge in [-0.05, 0) is 40.2 Å². The third kappa shape index (κ3) is 2.15. The van der Waals surface area contributed by atoms with Crippen LogP contribution in [0.15, 0.2) is 47.1 Å². The SMILES string of the molecule is N#CCc1c(-c2ccc(N)cc2)nc2ccc(Br)cn12. The number of hydrogen-bond donors (Lipinski definition) is 1. The smallest absolute Gasteiger partial charge is 0.137 e. The highest BCUT2D eigenvalue weighted by atomic mass is 79.9. The first-order valence-electron chi connectivity index (χ1n) is 6.08. The van der Waals surface area contributed by atoms with Crippen LogP contribution >= 0.6 is 15.9 Å². The molecule has 0 aliphatic heterocycles. The summed E-state index contributed by atoms with van der Waals surface area (Å²) in [6, 6.07) is 13.6. The Bertz CT molecular complexity index is 812. The topological polar surface area (TPSA) is 67.1 Å².